The molecule has 13 heteroatoms. The molecule has 1 aliphatic heterocycles. The molecule has 0 saturated carbocycles. The molecular weight excluding hydrogens is 369 g/mol. The van der Waals surface area contributed by atoms with Crippen molar-refractivity contribution in [1.29, 1.82) is 0 Å². The van der Waals surface area contributed by atoms with Crippen LogP contribution >= 0.6 is 11.8 Å². The Kier molecular flexibility index (Phi) is 10.4. The molecule has 5 atom stereocenters. The monoisotopic (exact) mass is 383 g/mol. The van der Waals surface area contributed by atoms with Gasteiger partial charge in [0, 0.05) is 0 Å². The summed E-state index contributed by atoms with van der Waals surface area (Å²) in [5.41, 5.74) is -1.20. The molecule has 0 bridgehead atoms. The fourth-order valence-corrected chi connectivity index (χ4v) is 2.61. The first-order chi connectivity index (χ1) is 9.69. The van der Waals surface area contributed by atoms with Gasteiger partial charge in [-0.3, -0.25) is 4.28 Å². The molecule has 1 rings (SSSR count). The minimum Gasteiger partial charge on any atom is -0.714 e. The number of hydrogen-bond acceptors (Lipinski definition) is 11. The maximum atomic E-state index is 10.3. The summed E-state index contributed by atoms with van der Waals surface area (Å²) in [6, 6.07) is 0. The van der Waals surface area contributed by atoms with Gasteiger partial charge < -0.3 is 29.7 Å². The van der Waals surface area contributed by atoms with Crippen LogP contribution in [-0.2, 0) is 19.4 Å². The third-order valence-electron chi connectivity index (χ3n) is 2.48. The Morgan fingerprint density at radius 2 is 1.95 bits per heavy atom. The zero-order chi connectivity index (χ0) is 16.2. The van der Waals surface area contributed by atoms with E-state index in [0.717, 1.165) is 6.08 Å². The van der Waals surface area contributed by atoms with Crippen molar-refractivity contribution >= 4 is 27.2 Å². The van der Waals surface area contributed by atoms with Gasteiger partial charge in [-0.25, -0.2) is 0 Å². The normalized spacial score (nSPS) is 33.0. The molecule has 0 radical (unpaired) electrons. The minimum absolute atomic E-state index is 0. The van der Waals surface area contributed by atoms with Crippen LogP contribution in [0.1, 0.15) is 0 Å². The summed E-state index contributed by atoms with van der Waals surface area (Å²) in [5, 5.41) is 40.7. The molecule has 0 unspecified atom stereocenters. The standard InChI is InChI=1S/C9H15NO9S2.K/c1-2-5(10-19-21(15,16)17)20-9-8(14)7(13)6(12)4(3-11)18-9;/h2,4,6-9,11-14H,1,3H2,(H,15,16,17);/q;+1/p-1/b10-5-;/t4-,6-,7+,8-,9+;/m1./s1. The summed E-state index contributed by atoms with van der Waals surface area (Å²) >= 11 is 0.589. The largest absolute Gasteiger partial charge is 1.00 e. The molecule has 22 heavy (non-hydrogen) atoms. The molecule has 0 aromatic carbocycles. The number of ether oxygens (including phenoxy) is 1. The van der Waals surface area contributed by atoms with Crippen LogP contribution in [0.5, 0.6) is 0 Å². The maximum Gasteiger partial charge on any atom is 1.00 e. The van der Waals surface area contributed by atoms with Gasteiger partial charge >= 0.3 is 51.4 Å². The van der Waals surface area contributed by atoms with E-state index in [1.807, 2.05) is 0 Å². The van der Waals surface area contributed by atoms with Crippen molar-refractivity contribution in [3.8, 4) is 0 Å². The Morgan fingerprint density at radius 3 is 2.41 bits per heavy atom. The molecule has 1 saturated heterocycles. The molecule has 4 N–H and O–H groups in total. The van der Waals surface area contributed by atoms with E-state index >= 15 is 0 Å². The van der Waals surface area contributed by atoms with E-state index in [2.05, 4.69) is 16.0 Å². The van der Waals surface area contributed by atoms with E-state index in [0.29, 0.717) is 11.8 Å². The molecule has 122 valence electrons. The summed E-state index contributed by atoms with van der Waals surface area (Å²) in [6.45, 7) is 2.68. The zero-order valence-electron chi connectivity index (χ0n) is 11.5. The second-order valence-corrected chi connectivity index (χ2v) is 6.02. The summed E-state index contributed by atoms with van der Waals surface area (Å²) in [5.74, 6) is 0. The minimum atomic E-state index is -5.05. The number of hydrogen-bond donors (Lipinski definition) is 4. The van der Waals surface area contributed by atoms with Crippen molar-refractivity contribution in [3.63, 3.8) is 0 Å². The van der Waals surface area contributed by atoms with Crippen LogP contribution in [0.2, 0.25) is 0 Å². The SMILES string of the molecule is C=C/C(=N/OS(=O)(=O)[O-])S[C@@H]1O[C@H](CO)[C@@H](O)[C@H](O)[C@H]1O.[K+]. The van der Waals surface area contributed by atoms with Crippen LogP contribution in [0, 0.1) is 0 Å². The van der Waals surface area contributed by atoms with Crippen molar-refractivity contribution < 1.29 is 93.8 Å². The number of oxime groups is 1. The van der Waals surface area contributed by atoms with Gasteiger partial charge in [-0.15, -0.1) is 0 Å². The first kappa shape index (κ1) is 22.9. The average Bonchev–Trinajstić information content (AvgIpc) is 2.42. The Hall–Kier alpha value is 0.906. The van der Waals surface area contributed by atoms with Crippen LogP contribution < -0.4 is 51.4 Å². The van der Waals surface area contributed by atoms with Crippen LogP contribution in [0.4, 0.5) is 0 Å². The summed E-state index contributed by atoms with van der Waals surface area (Å²) in [4.78, 5) is 0. The average molecular weight is 383 g/mol. The second-order valence-electron chi connectivity index (χ2n) is 3.93. The van der Waals surface area contributed by atoms with Gasteiger partial charge in [0.1, 0.15) is 34.9 Å². The number of aliphatic hydroxyl groups is 4. The fraction of sp³-hybridized carbons (Fsp3) is 0.667. The van der Waals surface area contributed by atoms with Crippen molar-refractivity contribution in [2.75, 3.05) is 6.61 Å². The van der Waals surface area contributed by atoms with Gasteiger partial charge in [-0.05, 0) is 6.08 Å². The molecule has 0 aliphatic carbocycles. The third-order valence-corrected chi connectivity index (χ3v) is 3.84. The van der Waals surface area contributed by atoms with Crippen molar-refractivity contribution in [2.45, 2.75) is 29.9 Å². The quantitative estimate of drug-likeness (QED) is 0.0897. The first-order valence-corrected chi connectivity index (χ1v) is 7.73. The first-order valence-electron chi connectivity index (χ1n) is 5.51. The number of thioether (sulfide) groups is 1. The van der Waals surface area contributed by atoms with E-state index < -0.39 is 46.9 Å². The van der Waals surface area contributed by atoms with E-state index in [9.17, 15) is 28.3 Å². The number of rotatable bonds is 5. The molecule has 1 heterocycles. The zero-order valence-corrected chi connectivity index (χ0v) is 16.2. The van der Waals surface area contributed by atoms with Gasteiger partial charge in [0.15, 0.2) is 0 Å². The summed E-state index contributed by atoms with van der Waals surface area (Å²) in [6.07, 6.45) is -4.78. The molecule has 0 amide bonds. The third kappa shape index (κ3) is 6.80. The van der Waals surface area contributed by atoms with Crippen molar-refractivity contribution in [2.24, 2.45) is 5.16 Å². The van der Waals surface area contributed by atoms with Gasteiger partial charge in [-0.2, -0.15) is 8.42 Å². The van der Waals surface area contributed by atoms with Crippen LogP contribution in [-0.4, -0.2) is 74.9 Å². The smallest absolute Gasteiger partial charge is 0.714 e. The van der Waals surface area contributed by atoms with Gasteiger partial charge in [0.05, 0.1) is 6.61 Å². The topological polar surface area (TPSA) is 169 Å². The summed E-state index contributed by atoms with van der Waals surface area (Å²) < 4.78 is 39.7. The van der Waals surface area contributed by atoms with Gasteiger partial charge in [0.25, 0.3) is 10.4 Å². The molecule has 0 spiro atoms. The Labute approximate surface area is 173 Å². The van der Waals surface area contributed by atoms with Crippen molar-refractivity contribution in [1.82, 2.24) is 0 Å². The molecule has 0 aromatic rings. The molecule has 0 aromatic heterocycles. The van der Waals surface area contributed by atoms with E-state index in [1.54, 1.807) is 0 Å². The van der Waals surface area contributed by atoms with E-state index in [4.69, 9.17) is 9.84 Å². The summed E-state index contributed by atoms with van der Waals surface area (Å²) in [7, 11) is -5.05. The van der Waals surface area contributed by atoms with Crippen LogP contribution in [0.25, 0.3) is 0 Å². The van der Waals surface area contributed by atoms with Crippen molar-refractivity contribution in [3.05, 3.63) is 12.7 Å². The molecule has 10 nitrogen and oxygen atoms in total. The predicted molar refractivity (Wildman–Crippen MR) is 69.8 cm³/mol. The number of nitrogens with zero attached hydrogens (tertiary/aromatic N) is 1. The Morgan fingerprint density at radius 1 is 1.36 bits per heavy atom. The van der Waals surface area contributed by atoms with Gasteiger partial charge in [0.2, 0.25) is 0 Å². The van der Waals surface area contributed by atoms with E-state index in [1.165, 1.54) is 0 Å². The molecule has 1 aliphatic rings. The predicted octanol–water partition coefficient (Wildman–Crippen LogP) is -5.50. The van der Waals surface area contributed by atoms with Crippen LogP contribution in [0.3, 0.4) is 0 Å². The number of aliphatic hydroxyl groups excluding tert-OH is 4. The maximum absolute atomic E-state index is 10.3. The van der Waals surface area contributed by atoms with Crippen LogP contribution in [0.15, 0.2) is 17.8 Å². The van der Waals surface area contributed by atoms with E-state index in [-0.39, 0.29) is 56.4 Å². The Balaban J connectivity index is 0.00000441. The van der Waals surface area contributed by atoms with Gasteiger partial charge in [-0.1, -0.05) is 23.5 Å². The molecule has 1 fully saturated rings. The Bertz CT molecular complexity index is 497. The fourth-order valence-electron chi connectivity index (χ4n) is 1.47. The molecular formula is C9H14KNO9S2. The second kappa shape index (κ2) is 10.0.